The smallest absolute Gasteiger partial charge is 0.225 e. The van der Waals surface area contributed by atoms with E-state index in [1.165, 1.54) is 0 Å². The fraction of sp³-hybridized carbons (Fsp3) is 0.250. The molecule has 0 aliphatic rings. The van der Waals surface area contributed by atoms with Crippen LogP contribution in [0.25, 0.3) is 11.0 Å². The molecular weight excluding hydrogens is 318 g/mol. The summed E-state index contributed by atoms with van der Waals surface area (Å²) in [4.78, 5) is 12.4. The highest BCUT2D eigenvalue weighted by molar-refractivity contribution is 5.88. The third kappa shape index (κ3) is 3.60. The van der Waals surface area contributed by atoms with Crippen LogP contribution in [0.15, 0.2) is 53.1 Å². The molecule has 130 valence electrons. The van der Waals surface area contributed by atoms with Crippen LogP contribution in [0.1, 0.15) is 24.1 Å². The Bertz CT molecular complexity index is 884. The number of amides is 1. The van der Waals surface area contributed by atoms with E-state index >= 15 is 0 Å². The molecule has 3 rings (SSSR count). The van der Waals surface area contributed by atoms with Gasteiger partial charge < -0.3 is 19.2 Å². The maximum atomic E-state index is 12.4. The standard InChI is InChI=1S/C20H21NO4/c1-13(16-6-4-5-7-18(16)24-3)21-20(22)10-14-12-25-19-11-15(23-2)8-9-17(14)19/h4-9,11-13H,10H2,1-3H3,(H,21,22)/t13-/m0/s1. The molecule has 0 saturated heterocycles. The van der Waals surface area contributed by atoms with Gasteiger partial charge >= 0.3 is 0 Å². The van der Waals surface area contributed by atoms with Crippen LogP contribution in [-0.4, -0.2) is 20.1 Å². The molecule has 5 nitrogen and oxygen atoms in total. The van der Waals surface area contributed by atoms with Gasteiger partial charge in [0, 0.05) is 22.6 Å². The number of benzene rings is 2. The van der Waals surface area contributed by atoms with E-state index in [9.17, 15) is 4.79 Å². The summed E-state index contributed by atoms with van der Waals surface area (Å²) < 4.78 is 16.1. The van der Waals surface area contributed by atoms with Crippen molar-refractivity contribution in [1.29, 1.82) is 0 Å². The summed E-state index contributed by atoms with van der Waals surface area (Å²) in [6, 6.07) is 13.1. The zero-order chi connectivity index (χ0) is 17.8. The minimum absolute atomic E-state index is 0.0723. The molecular formula is C20H21NO4. The van der Waals surface area contributed by atoms with E-state index in [1.807, 2.05) is 49.4 Å². The van der Waals surface area contributed by atoms with E-state index in [0.29, 0.717) is 5.58 Å². The maximum Gasteiger partial charge on any atom is 0.225 e. The minimum Gasteiger partial charge on any atom is -0.497 e. The van der Waals surface area contributed by atoms with Crippen molar-refractivity contribution in [3.8, 4) is 11.5 Å². The molecule has 1 aromatic heterocycles. The third-order valence-corrected chi connectivity index (χ3v) is 4.20. The molecule has 5 heteroatoms. The summed E-state index contributed by atoms with van der Waals surface area (Å²) in [5.74, 6) is 1.41. The quantitative estimate of drug-likeness (QED) is 0.740. The number of hydrogen-bond donors (Lipinski definition) is 1. The lowest BCUT2D eigenvalue weighted by Crippen LogP contribution is -2.28. The number of para-hydroxylation sites is 1. The minimum atomic E-state index is -0.151. The maximum absolute atomic E-state index is 12.4. The first-order chi connectivity index (χ1) is 12.1. The molecule has 0 fully saturated rings. The van der Waals surface area contributed by atoms with Crippen molar-refractivity contribution >= 4 is 16.9 Å². The average Bonchev–Trinajstić information content (AvgIpc) is 3.03. The number of hydrogen-bond acceptors (Lipinski definition) is 4. The van der Waals surface area contributed by atoms with Crippen LogP contribution in [-0.2, 0) is 11.2 Å². The highest BCUT2D eigenvalue weighted by Crippen LogP contribution is 2.27. The Morgan fingerprint density at radius 2 is 1.96 bits per heavy atom. The second kappa shape index (κ2) is 7.30. The number of methoxy groups -OCH3 is 2. The first kappa shape index (κ1) is 16.9. The number of rotatable bonds is 6. The first-order valence-corrected chi connectivity index (χ1v) is 8.08. The Balaban J connectivity index is 1.72. The molecule has 1 atom stereocenters. The van der Waals surface area contributed by atoms with Gasteiger partial charge in [0.1, 0.15) is 17.1 Å². The summed E-state index contributed by atoms with van der Waals surface area (Å²) in [5.41, 5.74) is 2.50. The van der Waals surface area contributed by atoms with Gasteiger partial charge in [-0.05, 0) is 25.1 Å². The Kier molecular flexibility index (Phi) is 4.93. The summed E-state index contributed by atoms with van der Waals surface area (Å²) in [7, 11) is 3.23. The highest BCUT2D eigenvalue weighted by Gasteiger charge is 2.16. The lowest BCUT2D eigenvalue weighted by Gasteiger charge is -2.17. The summed E-state index contributed by atoms with van der Waals surface area (Å²) in [6.45, 7) is 1.94. The Morgan fingerprint density at radius 3 is 2.72 bits per heavy atom. The Labute approximate surface area is 146 Å². The van der Waals surface area contributed by atoms with Gasteiger partial charge in [-0.2, -0.15) is 0 Å². The second-order valence-electron chi connectivity index (χ2n) is 5.83. The molecule has 0 spiro atoms. The van der Waals surface area contributed by atoms with E-state index in [4.69, 9.17) is 13.9 Å². The van der Waals surface area contributed by atoms with Crippen molar-refractivity contribution in [2.45, 2.75) is 19.4 Å². The van der Waals surface area contributed by atoms with Crippen molar-refractivity contribution < 1.29 is 18.7 Å². The molecule has 25 heavy (non-hydrogen) atoms. The SMILES string of the molecule is COc1ccc2c(CC(=O)N[C@@H](C)c3ccccc3OC)coc2c1. The molecule has 2 aromatic carbocycles. The molecule has 0 aliphatic heterocycles. The van der Waals surface area contributed by atoms with Crippen molar-refractivity contribution in [2.75, 3.05) is 14.2 Å². The molecule has 1 N–H and O–H groups in total. The summed E-state index contributed by atoms with van der Waals surface area (Å²) >= 11 is 0. The van der Waals surface area contributed by atoms with Gasteiger partial charge in [0.15, 0.2) is 0 Å². The van der Waals surface area contributed by atoms with E-state index in [-0.39, 0.29) is 18.4 Å². The largest absolute Gasteiger partial charge is 0.497 e. The monoisotopic (exact) mass is 339 g/mol. The van der Waals surface area contributed by atoms with Crippen LogP contribution in [0, 0.1) is 0 Å². The number of ether oxygens (including phenoxy) is 2. The van der Waals surface area contributed by atoms with Gasteiger partial charge in [-0.1, -0.05) is 18.2 Å². The number of furan rings is 1. The van der Waals surface area contributed by atoms with E-state index in [0.717, 1.165) is 28.0 Å². The van der Waals surface area contributed by atoms with Gasteiger partial charge in [-0.15, -0.1) is 0 Å². The van der Waals surface area contributed by atoms with Crippen molar-refractivity contribution in [3.63, 3.8) is 0 Å². The van der Waals surface area contributed by atoms with Gasteiger partial charge in [0.25, 0.3) is 0 Å². The fourth-order valence-corrected chi connectivity index (χ4v) is 2.89. The zero-order valence-electron chi connectivity index (χ0n) is 14.5. The molecule has 0 unspecified atom stereocenters. The number of fused-ring (bicyclic) bond motifs is 1. The van der Waals surface area contributed by atoms with Crippen molar-refractivity contribution in [3.05, 3.63) is 59.9 Å². The van der Waals surface area contributed by atoms with Gasteiger partial charge in [-0.25, -0.2) is 0 Å². The third-order valence-electron chi connectivity index (χ3n) is 4.20. The van der Waals surface area contributed by atoms with Crippen LogP contribution in [0.5, 0.6) is 11.5 Å². The number of nitrogens with one attached hydrogen (secondary N) is 1. The summed E-state index contributed by atoms with van der Waals surface area (Å²) in [6.07, 6.45) is 1.87. The van der Waals surface area contributed by atoms with E-state index in [1.54, 1.807) is 20.5 Å². The molecule has 3 aromatic rings. The highest BCUT2D eigenvalue weighted by atomic mass is 16.5. The summed E-state index contributed by atoms with van der Waals surface area (Å²) in [5, 5.41) is 3.93. The molecule has 0 saturated carbocycles. The van der Waals surface area contributed by atoms with Crippen molar-refractivity contribution in [1.82, 2.24) is 5.32 Å². The van der Waals surface area contributed by atoms with Gasteiger partial charge in [0.05, 0.1) is 32.9 Å². The van der Waals surface area contributed by atoms with Gasteiger partial charge in [-0.3, -0.25) is 4.79 Å². The fourth-order valence-electron chi connectivity index (χ4n) is 2.89. The predicted octanol–water partition coefficient (Wildman–Crippen LogP) is 3.87. The van der Waals surface area contributed by atoms with Gasteiger partial charge in [0.2, 0.25) is 5.91 Å². The first-order valence-electron chi connectivity index (χ1n) is 8.08. The Morgan fingerprint density at radius 1 is 1.16 bits per heavy atom. The van der Waals surface area contributed by atoms with Crippen LogP contribution < -0.4 is 14.8 Å². The molecule has 0 radical (unpaired) electrons. The molecule has 1 heterocycles. The van der Waals surface area contributed by atoms with E-state index in [2.05, 4.69) is 5.32 Å². The van der Waals surface area contributed by atoms with Crippen LogP contribution >= 0.6 is 0 Å². The van der Waals surface area contributed by atoms with Crippen LogP contribution in [0.2, 0.25) is 0 Å². The predicted molar refractivity (Wildman–Crippen MR) is 96.0 cm³/mol. The molecule has 0 bridgehead atoms. The average molecular weight is 339 g/mol. The topological polar surface area (TPSA) is 60.7 Å². The lowest BCUT2D eigenvalue weighted by atomic mass is 10.1. The van der Waals surface area contributed by atoms with E-state index < -0.39 is 0 Å². The number of carbonyl (C=O) groups is 1. The Hall–Kier alpha value is -2.95. The normalized spacial score (nSPS) is 12.0. The zero-order valence-corrected chi connectivity index (χ0v) is 14.5. The van der Waals surface area contributed by atoms with Crippen LogP contribution in [0.3, 0.4) is 0 Å². The lowest BCUT2D eigenvalue weighted by molar-refractivity contribution is -0.121. The second-order valence-corrected chi connectivity index (χ2v) is 5.83. The molecule has 1 amide bonds. The molecule has 0 aliphatic carbocycles. The number of carbonyl (C=O) groups excluding carboxylic acids is 1. The van der Waals surface area contributed by atoms with Crippen molar-refractivity contribution in [2.24, 2.45) is 0 Å². The van der Waals surface area contributed by atoms with Crippen LogP contribution in [0.4, 0.5) is 0 Å².